The van der Waals surface area contributed by atoms with Crippen LogP contribution in [0.5, 0.6) is 5.75 Å². The third kappa shape index (κ3) is 3.51. The van der Waals surface area contributed by atoms with Gasteiger partial charge in [-0.1, -0.05) is 48.5 Å². The Morgan fingerprint density at radius 3 is 2.19 bits per heavy atom. The Kier molecular flexibility index (Phi) is 5.58. The summed E-state index contributed by atoms with van der Waals surface area (Å²) in [5.74, 6) is -2.08. The van der Waals surface area contributed by atoms with E-state index < -0.39 is 28.7 Å². The van der Waals surface area contributed by atoms with Crippen LogP contribution in [0.1, 0.15) is 27.6 Å². The third-order valence-corrected chi connectivity index (χ3v) is 7.18. The van der Waals surface area contributed by atoms with E-state index in [1.807, 2.05) is 0 Å². The van der Waals surface area contributed by atoms with Crippen LogP contribution in [0.4, 0.5) is 13.2 Å². The van der Waals surface area contributed by atoms with Crippen LogP contribution in [-0.4, -0.2) is 24.2 Å². The van der Waals surface area contributed by atoms with Crippen LogP contribution < -0.4 is 4.74 Å². The number of fused-ring (bicyclic) bond motifs is 1. The minimum Gasteiger partial charge on any atom is -0.497 e. The summed E-state index contributed by atoms with van der Waals surface area (Å²) in [7, 11) is 1.46. The van der Waals surface area contributed by atoms with E-state index in [4.69, 9.17) is 4.74 Å². The summed E-state index contributed by atoms with van der Waals surface area (Å²) in [6, 6.07) is 19.6. The van der Waals surface area contributed by atoms with Crippen LogP contribution in [-0.2, 0) is 4.75 Å². The molecule has 4 rings (SSSR count). The lowest BCUT2D eigenvalue weighted by molar-refractivity contribution is -0.180. The molecule has 0 unspecified atom stereocenters. The van der Waals surface area contributed by atoms with E-state index in [0.717, 1.165) is 0 Å². The number of hydrogen-bond acceptors (Lipinski definition) is 4. The van der Waals surface area contributed by atoms with Gasteiger partial charge in [-0.3, -0.25) is 4.79 Å². The van der Waals surface area contributed by atoms with Gasteiger partial charge in [0.05, 0.1) is 19.1 Å². The highest BCUT2D eigenvalue weighted by molar-refractivity contribution is 8.00. The number of ketones is 1. The molecule has 3 aromatic carbocycles. The zero-order valence-corrected chi connectivity index (χ0v) is 17.3. The second-order valence-electron chi connectivity index (χ2n) is 7.25. The van der Waals surface area contributed by atoms with Crippen LogP contribution >= 0.6 is 11.8 Å². The largest absolute Gasteiger partial charge is 0.497 e. The molecule has 3 aromatic rings. The maximum atomic E-state index is 14.9. The van der Waals surface area contributed by atoms with Crippen molar-refractivity contribution in [2.24, 2.45) is 5.92 Å². The number of Topliss-reactive ketones (excluding diaryl/α,β-unsaturated/α-hetero) is 1. The number of thioether (sulfide) groups is 1. The minimum absolute atomic E-state index is 0.0760. The van der Waals surface area contributed by atoms with Gasteiger partial charge in [-0.25, -0.2) is 0 Å². The standard InChI is InChI=1S/C24H19F3O3S/c1-30-17-13-11-15(12-14-17)21(28)20-22(29)18-9-5-6-10-19(18)31-23(20,24(25,26)27)16-7-3-2-4-8-16/h2-14,20,22,29H,1H3/t20-,22+,23-/m1/s1. The van der Waals surface area contributed by atoms with Crippen molar-refractivity contribution in [1.82, 2.24) is 0 Å². The Morgan fingerprint density at radius 2 is 1.58 bits per heavy atom. The quantitative estimate of drug-likeness (QED) is 0.518. The van der Waals surface area contributed by atoms with Crippen molar-refractivity contribution < 1.29 is 27.8 Å². The van der Waals surface area contributed by atoms with Gasteiger partial charge in [0.1, 0.15) is 5.75 Å². The summed E-state index contributed by atoms with van der Waals surface area (Å²) in [4.78, 5) is 13.8. The molecule has 0 aromatic heterocycles. The topological polar surface area (TPSA) is 46.5 Å². The third-order valence-electron chi connectivity index (χ3n) is 5.54. The number of alkyl halides is 3. The van der Waals surface area contributed by atoms with Gasteiger partial charge in [-0.15, -0.1) is 11.8 Å². The summed E-state index contributed by atoms with van der Waals surface area (Å²) >= 11 is 0.576. The number of halogens is 3. The Balaban J connectivity index is 1.96. The summed E-state index contributed by atoms with van der Waals surface area (Å²) in [5, 5.41) is 11.2. The average molecular weight is 444 g/mol. The zero-order valence-electron chi connectivity index (χ0n) is 16.5. The SMILES string of the molecule is COc1ccc(C(=O)[C@@H]2[C@@H](O)c3ccccc3S[C@@]2(c2ccccc2)C(F)(F)F)cc1. The Bertz CT molecular complexity index is 1080. The first-order valence-corrected chi connectivity index (χ1v) is 10.4. The van der Waals surface area contributed by atoms with Gasteiger partial charge in [0.2, 0.25) is 0 Å². The van der Waals surface area contributed by atoms with Gasteiger partial charge in [0, 0.05) is 10.5 Å². The molecule has 160 valence electrons. The Hall–Kier alpha value is -2.77. The summed E-state index contributed by atoms with van der Waals surface area (Å²) < 4.78 is 47.1. The Morgan fingerprint density at radius 1 is 0.968 bits per heavy atom. The van der Waals surface area contributed by atoms with Gasteiger partial charge in [-0.05, 0) is 41.5 Å². The van der Waals surface area contributed by atoms with Gasteiger partial charge >= 0.3 is 6.18 Å². The molecule has 1 aliphatic rings. The smallest absolute Gasteiger partial charge is 0.408 e. The lowest BCUT2D eigenvalue weighted by Gasteiger charge is -2.46. The number of ether oxygens (including phenoxy) is 1. The fourth-order valence-corrected chi connectivity index (χ4v) is 5.57. The molecule has 1 aliphatic heterocycles. The van der Waals surface area contributed by atoms with Crippen LogP contribution in [0.2, 0.25) is 0 Å². The summed E-state index contributed by atoms with van der Waals surface area (Å²) in [6.45, 7) is 0. The van der Waals surface area contributed by atoms with Gasteiger partial charge in [0.25, 0.3) is 0 Å². The number of aliphatic hydroxyl groups excluding tert-OH is 1. The van der Waals surface area contributed by atoms with E-state index in [1.54, 1.807) is 30.3 Å². The van der Waals surface area contributed by atoms with Crippen molar-refractivity contribution in [1.29, 1.82) is 0 Å². The van der Waals surface area contributed by atoms with E-state index in [0.29, 0.717) is 28.0 Å². The molecule has 3 nitrogen and oxygen atoms in total. The molecule has 0 saturated heterocycles. The van der Waals surface area contributed by atoms with E-state index in [1.165, 1.54) is 55.6 Å². The number of methoxy groups -OCH3 is 1. The number of carbonyl (C=O) groups excluding carboxylic acids is 1. The zero-order chi connectivity index (χ0) is 22.2. The van der Waals surface area contributed by atoms with Crippen molar-refractivity contribution in [2.75, 3.05) is 7.11 Å². The number of aliphatic hydroxyl groups is 1. The average Bonchev–Trinajstić information content (AvgIpc) is 2.78. The fraction of sp³-hybridized carbons (Fsp3) is 0.208. The molecule has 1 N–H and O–H groups in total. The predicted molar refractivity (Wildman–Crippen MR) is 112 cm³/mol. The summed E-state index contributed by atoms with van der Waals surface area (Å²) in [6.07, 6.45) is -6.45. The molecule has 1 heterocycles. The van der Waals surface area contributed by atoms with Crippen LogP contribution in [0.25, 0.3) is 0 Å². The predicted octanol–water partition coefficient (Wildman–Crippen LogP) is 5.79. The monoisotopic (exact) mass is 444 g/mol. The van der Waals surface area contributed by atoms with Crippen LogP contribution in [0, 0.1) is 5.92 Å². The maximum Gasteiger partial charge on any atom is 0.408 e. The van der Waals surface area contributed by atoms with Crippen molar-refractivity contribution in [3.8, 4) is 5.75 Å². The fourth-order valence-electron chi connectivity index (χ4n) is 4.04. The molecule has 31 heavy (non-hydrogen) atoms. The molecule has 0 bridgehead atoms. The number of rotatable bonds is 4. The second kappa shape index (κ2) is 8.05. The van der Waals surface area contributed by atoms with Crippen molar-refractivity contribution in [3.05, 3.63) is 95.6 Å². The molecular weight excluding hydrogens is 425 g/mol. The van der Waals surface area contributed by atoms with Crippen molar-refractivity contribution in [2.45, 2.75) is 21.9 Å². The van der Waals surface area contributed by atoms with Crippen LogP contribution in [0.3, 0.4) is 0 Å². The normalized spacial score (nSPS) is 23.1. The number of carbonyl (C=O) groups is 1. The first-order chi connectivity index (χ1) is 14.8. The lowest BCUT2D eigenvalue weighted by Crippen LogP contribution is -2.53. The first-order valence-electron chi connectivity index (χ1n) is 9.56. The lowest BCUT2D eigenvalue weighted by atomic mass is 9.74. The van der Waals surface area contributed by atoms with E-state index in [9.17, 15) is 23.1 Å². The molecule has 0 saturated carbocycles. The summed E-state index contributed by atoms with van der Waals surface area (Å²) in [5.41, 5.74) is 0.317. The highest BCUT2D eigenvalue weighted by Crippen LogP contribution is 2.64. The maximum absolute atomic E-state index is 14.9. The Labute approximate surface area is 181 Å². The van der Waals surface area contributed by atoms with Gasteiger partial charge in [-0.2, -0.15) is 13.2 Å². The van der Waals surface area contributed by atoms with Crippen molar-refractivity contribution >= 4 is 17.5 Å². The minimum atomic E-state index is -4.82. The molecule has 0 radical (unpaired) electrons. The molecule has 0 fully saturated rings. The van der Waals surface area contributed by atoms with Crippen molar-refractivity contribution in [3.63, 3.8) is 0 Å². The molecule has 3 atom stereocenters. The van der Waals surface area contributed by atoms with Crippen LogP contribution in [0.15, 0.2) is 83.8 Å². The number of benzene rings is 3. The van der Waals surface area contributed by atoms with Gasteiger partial charge < -0.3 is 9.84 Å². The number of hydrogen-bond donors (Lipinski definition) is 1. The highest BCUT2D eigenvalue weighted by atomic mass is 32.2. The molecule has 7 heteroatoms. The highest BCUT2D eigenvalue weighted by Gasteiger charge is 2.67. The van der Waals surface area contributed by atoms with E-state index in [-0.39, 0.29) is 11.1 Å². The molecule has 0 amide bonds. The first kappa shape index (κ1) is 21.5. The molecule has 0 aliphatic carbocycles. The molecular formula is C24H19F3O3S. The van der Waals surface area contributed by atoms with Gasteiger partial charge in [0.15, 0.2) is 10.5 Å². The second-order valence-corrected chi connectivity index (χ2v) is 8.54. The molecule has 0 spiro atoms. The van der Waals surface area contributed by atoms with E-state index in [2.05, 4.69) is 0 Å². The van der Waals surface area contributed by atoms with E-state index >= 15 is 0 Å².